The number of sulfone groups is 1. The van der Waals surface area contributed by atoms with Gasteiger partial charge in [-0.05, 0) is 37.1 Å². The Labute approximate surface area is 96.5 Å². The van der Waals surface area contributed by atoms with E-state index in [0.29, 0.717) is 19.1 Å². The number of hydrogen-bond donors (Lipinski definition) is 0. The van der Waals surface area contributed by atoms with Gasteiger partial charge >= 0.3 is 0 Å². The van der Waals surface area contributed by atoms with Crippen molar-refractivity contribution in [1.29, 1.82) is 0 Å². The zero-order valence-electron chi connectivity index (χ0n) is 7.81. The van der Waals surface area contributed by atoms with Crippen LogP contribution < -0.4 is 0 Å². The van der Waals surface area contributed by atoms with Gasteiger partial charge in [-0.3, -0.25) is 0 Å². The van der Waals surface area contributed by atoms with E-state index in [0.717, 1.165) is 4.47 Å². The number of aldehydes is 1. The van der Waals surface area contributed by atoms with E-state index in [1.807, 2.05) is 0 Å². The summed E-state index contributed by atoms with van der Waals surface area (Å²) in [7, 11) is -3.48. The van der Waals surface area contributed by atoms with Gasteiger partial charge in [-0.2, -0.15) is 0 Å². The molecule has 0 aromatic heterocycles. The Kier molecular flexibility index (Phi) is 2.47. The van der Waals surface area contributed by atoms with Crippen LogP contribution in [0.1, 0.15) is 12.8 Å². The van der Waals surface area contributed by atoms with E-state index in [-0.39, 0.29) is 4.90 Å². The molecule has 0 amide bonds. The highest BCUT2D eigenvalue weighted by Gasteiger charge is 2.55. The molecule has 0 heterocycles. The van der Waals surface area contributed by atoms with Crippen molar-refractivity contribution in [3.8, 4) is 0 Å². The van der Waals surface area contributed by atoms with E-state index in [4.69, 9.17) is 0 Å². The van der Waals surface area contributed by atoms with Gasteiger partial charge in [-0.25, -0.2) is 8.42 Å². The molecule has 0 radical (unpaired) electrons. The summed E-state index contributed by atoms with van der Waals surface area (Å²) >= 11 is 3.23. The number of carbonyl (C=O) groups excluding carboxylic acids is 1. The maximum Gasteiger partial charge on any atom is 0.190 e. The van der Waals surface area contributed by atoms with Crippen molar-refractivity contribution >= 4 is 32.1 Å². The van der Waals surface area contributed by atoms with Crippen molar-refractivity contribution in [3.05, 3.63) is 28.7 Å². The third-order valence-electron chi connectivity index (χ3n) is 2.62. The first-order valence-electron chi connectivity index (χ1n) is 4.48. The second-order valence-electron chi connectivity index (χ2n) is 3.64. The molecule has 15 heavy (non-hydrogen) atoms. The lowest BCUT2D eigenvalue weighted by Gasteiger charge is -2.09. The predicted molar refractivity (Wildman–Crippen MR) is 59.4 cm³/mol. The first-order chi connectivity index (χ1) is 7.02. The van der Waals surface area contributed by atoms with Gasteiger partial charge in [0.2, 0.25) is 0 Å². The minimum atomic E-state index is -3.48. The number of carbonyl (C=O) groups is 1. The average Bonchev–Trinajstić information content (AvgIpc) is 2.99. The minimum absolute atomic E-state index is 0.218. The molecule has 0 bridgehead atoms. The summed E-state index contributed by atoms with van der Waals surface area (Å²) in [6, 6.07) is 6.35. The van der Waals surface area contributed by atoms with Crippen LogP contribution in [-0.4, -0.2) is 19.5 Å². The van der Waals surface area contributed by atoms with Gasteiger partial charge in [-0.1, -0.05) is 15.9 Å². The van der Waals surface area contributed by atoms with Gasteiger partial charge in [0.15, 0.2) is 9.84 Å². The predicted octanol–water partition coefficient (Wildman–Crippen LogP) is 1.95. The van der Waals surface area contributed by atoms with Crippen LogP contribution >= 0.6 is 15.9 Å². The van der Waals surface area contributed by atoms with Crippen LogP contribution in [-0.2, 0) is 14.6 Å². The highest BCUT2D eigenvalue weighted by Crippen LogP contribution is 2.44. The molecular weight excluding hydrogens is 280 g/mol. The lowest BCUT2D eigenvalue weighted by atomic mass is 10.4. The summed E-state index contributed by atoms with van der Waals surface area (Å²) in [6.45, 7) is 0. The standard InChI is InChI=1S/C10H9BrO3S/c11-8-1-3-9(4-2-8)15(13,14)10(7-12)5-6-10/h1-4,7H,5-6H2. The van der Waals surface area contributed by atoms with E-state index in [9.17, 15) is 13.2 Å². The quantitative estimate of drug-likeness (QED) is 0.799. The van der Waals surface area contributed by atoms with Gasteiger partial charge in [0, 0.05) is 4.47 Å². The molecule has 1 aliphatic rings. The zero-order chi connectivity index (χ0) is 11.1. The van der Waals surface area contributed by atoms with Crippen LogP contribution in [0.25, 0.3) is 0 Å². The van der Waals surface area contributed by atoms with Crippen LogP contribution in [0.4, 0.5) is 0 Å². The fourth-order valence-corrected chi connectivity index (χ4v) is 3.42. The summed E-state index contributed by atoms with van der Waals surface area (Å²) in [5.41, 5.74) is 0. The Balaban J connectivity index is 2.47. The van der Waals surface area contributed by atoms with Crippen molar-refractivity contribution in [1.82, 2.24) is 0 Å². The number of hydrogen-bond acceptors (Lipinski definition) is 3. The molecule has 0 saturated heterocycles. The molecule has 0 atom stereocenters. The fourth-order valence-electron chi connectivity index (χ4n) is 1.42. The minimum Gasteiger partial charge on any atom is -0.302 e. The number of benzene rings is 1. The molecule has 1 aromatic carbocycles. The van der Waals surface area contributed by atoms with Gasteiger partial charge in [0.1, 0.15) is 11.0 Å². The summed E-state index contributed by atoms with van der Waals surface area (Å²) in [5, 5.41) is 0. The molecule has 0 spiro atoms. The molecule has 1 aliphatic carbocycles. The second-order valence-corrected chi connectivity index (χ2v) is 6.85. The van der Waals surface area contributed by atoms with Crippen molar-refractivity contribution in [3.63, 3.8) is 0 Å². The van der Waals surface area contributed by atoms with Crippen LogP contribution in [0.3, 0.4) is 0 Å². The highest BCUT2D eigenvalue weighted by molar-refractivity contribution is 9.10. The Bertz CT molecular complexity index is 486. The number of halogens is 1. The molecule has 0 aliphatic heterocycles. The summed E-state index contributed by atoms with van der Waals surface area (Å²) in [5.74, 6) is 0. The Hall–Kier alpha value is -0.680. The Morgan fingerprint density at radius 1 is 1.20 bits per heavy atom. The van der Waals surface area contributed by atoms with E-state index in [1.54, 1.807) is 12.1 Å². The lowest BCUT2D eigenvalue weighted by molar-refractivity contribution is -0.108. The maximum atomic E-state index is 12.0. The first-order valence-corrected chi connectivity index (χ1v) is 6.76. The van der Waals surface area contributed by atoms with Gasteiger partial charge in [-0.15, -0.1) is 0 Å². The van der Waals surface area contributed by atoms with Crippen LogP contribution in [0, 0.1) is 0 Å². The van der Waals surface area contributed by atoms with Gasteiger partial charge in [0.25, 0.3) is 0 Å². The molecule has 0 unspecified atom stereocenters. The normalized spacial score (nSPS) is 18.5. The Morgan fingerprint density at radius 3 is 2.13 bits per heavy atom. The van der Waals surface area contributed by atoms with Crippen LogP contribution in [0.15, 0.2) is 33.6 Å². The molecule has 1 saturated carbocycles. The van der Waals surface area contributed by atoms with Crippen molar-refractivity contribution in [2.24, 2.45) is 0 Å². The second kappa shape index (κ2) is 3.42. The average molecular weight is 289 g/mol. The zero-order valence-corrected chi connectivity index (χ0v) is 10.2. The molecular formula is C10H9BrO3S. The third-order valence-corrected chi connectivity index (χ3v) is 5.61. The van der Waals surface area contributed by atoms with Crippen molar-refractivity contribution in [2.45, 2.75) is 22.5 Å². The van der Waals surface area contributed by atoms with E-state index < -0.39 is 14.6 Å². The van der Waals surface area contributed by atoms with Gasteiger partial charge in [0.05, 0.1) is 4.90 Å². The van der Waals surface area contributed by atoms with Crippen molar-refractivity contribution in [2.75, 3.05) is 0 Å². The molecule has 0 N–H and O–H groups in total. The van der Waals surface area contributed by atoms with E-state index in [2.05, 4.69) is 15.9 Å². The van der Waals surface area contributed by atoms with Crippen molar-refractivity contribution < 1.29 is 13.2 Å². The van der Waals surface area contributed by atoms with Gasteiger partial charge < -0.3 is 4.79 Å². The maximum absolute atomic E-state index is 12.0. The molecule has 80 valence electrons. The number of rotatable bonds is 3. The summed E-state index contributed by atoms with van der Waals surface area (Å²) < 4.78 is 23.7. The Morgan fingerprint density at radius 2 is 1.73 bits per heavy atom. The van der Waals surface area contributed by atoms with Crippen LogP contribution in [0.2, 0.25) is 0 Å². The molecule has 2 rings (SSSR count). The highest BCUT2D eigenvalue weighted by atomic mass is 79.9. The topological polar surface area (TPSA) is 51.2 Å². The van der Waals surface area contributed by atoms with E-state index >= 15 is 0 Å². The SMILES string of the molecule is O=CC1(S(=O)(=O)c2ccc(Br)cc2)CC1. The molecule has 1 aromatic rings. The first kappa shape index (κ1) is 10.8. The van der Waals surface area contributed by atoms with E-state index in [1.165, 1.54) is 12.1 Å². The summed E-state index contributed by atoms with van der Waals surface area (Å²) in [6.07, 6.45) is 1.44. The molecule has 1 fully saturated rings. The third kappa shape index (κ3) is 1.63. The summed E-state index contributed by atoms with van der Waals surface area (Å²) in [4.78, 5) is 11.0. The lowest BCUT2D eigenvalue weighted by Crippen LogP contribution is -2.24. The molecule has 3 nitrogen and oxygen atoms in total. The molecule has 5 heteroatoms. The van der Waals surface area contributed by atoms with Crippen LogP contribution in [0.5, 0.6) is 0 Å². The monoisotopic (exact) mass is 288 g/mol. The fraction of sp³-hybridized carbons (Fsp3) is 0.300. The largest absolute Gasteiger partial charge is 0.302 e. The smallest absolute Gasteiger partial charge is 0.190 e.